The topological polar surface area (TPSA) is 97.6 Å². The number of benzene rings is 1. The molecular formula is C26H31FN2O5S. The third-order valence-electron chi connectivity index (χ3n) is 5.59. The normalized spacial score (nSPS) is 16.8. The molecule has 1 aromatic carbocycles. The van der Waals surface area contributed by atoms with Crippen molar-refractivity contribution in [2.24, 2.45) is 0 Å². The first-order valence-electron chi connectivity index (χ1n) is 11.8. The van der Waals surface area contributed by atoms with Crippen LogP contribution in [0.3, 0.4) is 0 Å². The van der Waals surface area contributed by atoms with Gasteiger partial charge in [-0.3, -0.25) is 14.9 Å². The molecule has 1 aliphatic heterocycles. The Morgan fingerprint density at radius 3 is 2.63 bits per heavy atom. The van der Waals surface area contributed by atoms with Crippen molar-refractivity contribution in [2.75, 3.05) is 13.2 Å². The highest BCUT2D eigenvalue weighted by Gasteiger charge is 2.37. The zero-order valence-corrected chi connectivity index (χ0v) is 20.4. The summed E-state index contributed by atoms with van der Waals surface area (Å²) in [5.41, 5.74) is 1.12. The largest absolute Gasteiger partial charge is 0.456 e. The Hall–Kier alpha value is -2.91. The summed E-state index contributed by atoms with van der Waals surface area (Å²) in [6.07, 6.45) is 6.73. The number of halogens is 1. The minimum Gasteiger partial charge on any atom is -0.456 e. The Balaban J connectivity index is 1.22. The number of nitrogens with one attached hydrogen (secondary N) is 2. The summed E-state index contributed by atoms with van der Waals surface area (Å²) in [6, 6.07) is 9.36. The Morgan fingerprint density at radius 1 is 1.14 bits per heavy atom. The second kappa shape index (κ2) is 13.8. The molecule has 0 radical (unpaired) electrons. The summed E-state index contributed by atoms with van der Waals surface area (Å²) in [6.45, 7) is 4.09. The van der Waals surface area contributed by atoms with Crippen LogP contribution in [0.5, 0.6) is 0 Å². The molecule has 1 amide bonds. The van der Waals surface area contributed by atoms with Crippen LogP contribution >= 0.6 is 11.8 Å². The van der Waals surface area contributed by atoms with Crippen LogP contribution in [0.1, 0.15) is 54.0 Å². The van der Waals surface area contributed by atoms with Crippen LogP contribution in [0.2, 0.25) is 0 Å². The van der Waals surface area contributed by atoms with E-state index < -0.39 is 23.7 Å². The van der Waals surface area contributed by atoms with E-state index in [1.807, 2.05) is 0 Å². The lowest BCUT2D eigenvalue weighted by molar-refractivity contribution is -0.140. The molecule has 188 valence electrons. The predicted octanol–water partition coefficient (Wildman–Crippen LogP) is 4.17. The van der Waals surface area contributed by atoms with Crippen LogP contribution in [-0.4, -0.2) is 42.2 Å². The van der Waals surface area contributed by atoms with Gasteiger partial charge in [0, 0.05) is 6.54 Å². The fraction of sp³-hybridized carbons (Fsp3) is 0.423. The summed E-state index contributed by atoms with van der Waals surface area (Å²) < 4.78 is 23.3. The first-order valence-corrected chi connectivity index (χ1v) is 12.8. The summed E-state index contributed by atoms with van der Waals surface area (Å²) in [5.74, 6) is -0.452. The van der Waals surface area contributed by atoms with Crippen LogP contribution in [0.4, 0.5) is 4.39 Å². The Morgan fingerprint density at radius 2 is 1.89 bits per heavy atom. The molecule has 2 aromatic rings. The van der Waals surface area contributed by atoms with E-state index in [-0.39, 0.29) is 23.6 Å². The molecule has 1 aliphatic rings. The third-order valence-corrected chi connectivity index (χ3v) is 6.77. The van der Waals surface area contributed by atoms with Gasteiger partial charge in [0.25, 0.3) is 5.91 Å². The van der Waals surface area contributed by atoms with Gasteiger partial charge in [0.15, 0.2) is 0 Å². The van der Waals surface area contributed by atoms with Gasteiger partial charge in [-0.15, -0.1) is 11.8 Å². The van der Waals surface area contributed by atoms with Crippen molar-refractivity contribution < 1.29 is 27.9 Å². The smallest absolute Gasteiger partial charge is 0.374 e. The first kappa shape index (κ1) is 26.7. The monoisotopic (exact) mass is 502 g/mol. The van der Waals surface area contributed by atoms with Crippen molar-refractivity contribution in [3.63, 3.8) is 0 Å². The van der Waals surface area contributed by atoms with E-state index in [2.05, 4.69) is 17.2 Å². The molecule has 9 heteroatoms. The van der Waals surface area contributed by atoms with Crippen molar-refractivity contribution in [2.45, 2.75) is 55.7 Å². The fourth-order valence-electron chi connectivity index (χ4n) is 3.57. The number of esters is 1. The Kier molecular flexibility index (Phi) is 10.6. The van der Waals surface area contributed by atoms with Crippen molar-refractivity contribution in [1.29, 1.82) is 0 Å². The van der Waals surface area contributed by atoms with E-state index in [1.165, 1.54) is 18.2 Å². The summed E-state index contributed by atoms with van der Waals surface area (Å²) in [5, 5.41) is 5.86. The highest BCUT2D eigenvalue weighted by atomic mass is 32.2. The van der Waals surface area contributed by atoms with Gasteiger partial charge in [-0.25, -0.2) is 9.18 Å². The van der Waals surface area contributed by atoms with Crippen molar-refractivity contribution in [1.82, 2.24) is 10.6 Å². The van der Waals surface area contributed by atoms with Crippen LogP contribution in [-0.2, 0) is 26.5 Å². The predicted molar refractivity (Wildman–Crippen MR) is 132 cm³/mol. The number of aryl methyl sites for hydroxylation is 1. The zero-order chi connectivity index (χ0) is 25.0. The lowest BCUT2D eigenvalue weighted by atomic mass is 10.0. The Labute approximate surface area is 208 Å². The molecule has 1 saturated heterocycles. The molecule has 0 saturated carbocycles. The van der Waals surface area contributed by atoms with E-state index in [1.54, 1.807) is 36.0 Å². The molecule has 2 atom stereocenters. The SMILES string of the molecule is C=CCOC(=O)c1ccc(CSC2CC(C(=O)C(=O)NCCCCCCc3ccc(F)cc3)N2)o1. The van der Waals surface area contributed by atoms with E-state index in [9.17, 15) is 18.8 Å². The number of Topliss-reactive ketones (excluding diaryl/α,β-unsaturated/α-hetero) is 1. The second-order valence-corrected chi connectivity index (χ2v) is 9.51. The molecule has 2 heterocycles. The van der Waals surface area contributed by atoms with Crippen molar-refractivity contribution >= 4 is 29.4 Å². The molecule has 2 N–H and O–H groups in total. The van der Waals surface area contributed by atoms with E-state index in [0.29, 0.717) is 24.5 Å². The van der Waals surface area contributed by atoms with Gasteiger partial charge in [-0.1, -0.05) is 37.6 Å². The van der Waals surface area contributed by atoms with Crippen LogP contribution in [0, 0.1) is 5.82 Å². The average molecular weight is 503 g/mol. The number of rotatable bonds is 15. The van der Waals surface area contributed by atoms with Gasteiger partial charge < -0.3 is 14.5 Å². The van der Waals surface area contributed by atoms with E-state index >= 15 is 0 Å². The van der Waals surface area contributed by atoms with E-state index in [4.69, 9.17) is 9.15 Å². The molecule has 0 bridgehead atoms. The average Bonchev–Trinajstić information content (AvgIpc) is 3.31. The molecule has 1 fully saturated rings. The number of carbonyl (C=O) groups is 3. The summed E-state index contributed by atoms with van der Waals surface area (Å²) in [4.78, 5) is 36.1. The van der Waals surface area contributed by atoms with Gasteiger partial charge in [0.05, 0.1) is 17.2 Å². The van der Waals surface area contributed by atoms with Crippen LogP contribution in [0.25, 0.3) is 0 Å². The maximum Gasteiger partial charge on any atom is 0.374 e. The highest BCUT2D eigenvalue weighted by molar-refractivity contribution is 7.99. The lowest BCUT2D eigenvalue weighted by Crippen LogP contribution is -2.58. The number of carbonyl (C=O) groups excluding carboxylic acids is 3. The summed E-state index contributed by atoms with van der Waals surface area (Å²) in [7, 11) is 0. The van der Waals surface area contributed by atoms with Gasteiger partial charge >= 0.3 is 5.97 Å². The van der Waals surface area contributed by atoms with Crippen LogP contribution < -0.4 is 10.6 Å². The van der Waals surface area contributed by atoms with Crippen LogP contribution in [0.15, 0.2) is 53.5 Å². The van der Waals surface area contributed by atoms with Gasteiger partial charge in [0.1, 0.15) is 18.2 Å². The first-order chi connectivity index (χ1) is 17.0. The molecule has 7 nitrogen and oxygen atoms in total. The second-order valence-electron chi connectivity index (χ2n) is 8.32. The number of hydrogen-bond donors (Lipinski definition) is 2. The highest BCUT2D eigenvalue weighted by Crippen LogP contribution is 2.27. The maximum absolute atomic E-state index is 12.9. The number of thioether (sulfide) groups is 1. The van der Waals surface area contributed by atoms with Gasteiger partial charge in [0.2, 0.25) is 11.5 Å². The fourth-order valence-corrected chi connectivity index (χ4v) is 4.68. The molecule has 0 aliphatic carbocycles. The van der Waals surface area contributed by atoms with Crippen molar-refractivity contribution in [3.05, 3.63) is 72.0 Å². The van der Waals surface area contributed by atoms with Gasteiger partial charge in [-0.2, -0.15) is 0 Å². The minimum absolute atomic E-state index is 0.0409. The molecule has 3 rings (SSSR count). The Bertz CT molecular complexity index is 1000. The zero-order valence-electron chi connectivity index (χ0n) is 19.6. The summed E-state index contributed by atoms with van der Waals surface area (Å²) >= 11 is 1.54. The number of unbranched alkanes of at least 4 members (excludes halogenated alkanes) is 3. The third kappa shape index (κ3) is 8.67. The quantitative estimate of drug-likeness (QED) is 0.163. The molecular weight excluding hydrogens is 471 g/mol. The number of hydrogen-bond acceptors (Lipinski definition) is 7. The number of amides is 1. The lowest BCUT2D eigenvalue weighted by Gasteiger charge is -2.35. The number of furan rings is 1. The minimum atomic E-state index is -0.550. The number of ether oxygens (including phenoxy) is 1. The molecule has 2 unspecified atom stereocenters. The number of ketones is 1. The van der Waals surface area contributed by atoms with Gasteiger partial charge in [-0.05, 0) is 55.5 Å². The molecule has 0 spiro atoms. The van der Waals surface area contributed by atoms with E-state index in [0.717, 1.165) is 37.7 Å². The molecule has 35 heavy (non-hydrogen) atoms. The standard InChI is InChI=1S/C26H31FN2O5S/c1-2-15-33-26(32)22-13-12-20(34-22)17-35-23-16-21(29-23)24(30)25(31)28-14-6-4-3-5-7-18-8-10-19(27)11-9-18/h2,8-13,21,23,29H,1,3-7,14-17H2,(H,28,31). The van der Waals surface area contributed by atoms with Crippen molar-refractivity contribution in [3.8, 4) is 0 Å². The maximum atomic E-state index is 12.9. The molecule has 1 aromatic heterocycles.